The lowest BCUT2D eigenvalue weighted by molar-refractivity contribution is -0.143. The topological polar surface area (TPSA) is 17.1 Å². The first-order valence-corrected chi connectivity index (χ1v) is 5.70. The molecular formula is C11H9F6OP. The minimum Gasteiger partial charge on any atom is -0.293 e. The second kappa shape index (κ2) is 5.12. The standard InChI is InChI=1S/C11H9F6OP/c1-5(19)9(18)8-6(10(12,13)14)3-2-4-7(8)11(15,16)17/h2-5H,19H2,1H3. The van der Waals surface area contributed by atoms with Gasteiger partial charge in [0.25, 0.3) is 0 Å². The predicted octanol–water partition coefficient (Wildman–Crippen LogP) is 4.17. The Kier molecular flexibility index (Phi) is 4.30. The average Bonchev–Trinajstić information content (AvgIpc) is 2.24. The number of Topliss-reactive ketones (excluding diaryl/α,β-unsaturated/α-hetero) is 1. The van der Waals surface area contributed by atoms with Gasteiger partial charge in [-0.05, 0) is 12.1 Å². The van der Waals surface area contributed by atoms with Gasteiger partial charge in [-0.15, -0.1) is 9.24 Å². The molecule has 0 amide bonds. The minimum atomic E-state index is -5.02. The number of alkyl halides is 6. The summed E-state index contributed by atoms with van der Waals surface area (Å²) in [5.41, 5.74) is -5.52. The van der Waals surface area contributed by atoms with Crippen LogP contribution in [0.3, 0.4) is 0 Å². The number of benzene rings is 1. The molecule has 0 aliphatic heterocycles. The third kappa shape index (κ3) is 3.47. The van der Waals surface area contributed by atoms with E-state index >= 15 is 0 Å². The minimum absolute atomic E-state index is 0.468. The molecule has 0 N–H and O–H groups in total. The van der Waals surface area contributed by atoms with Gasteiger partial charge < -0.3 is 0 Å². The van der Waals surface area contributed by atoms with Crippen LogP contribution in [0.2, 0.25) is 0 Å². The van der Waals surface area contributed by atoms with Gasteiger partial charge in [0.2, 0.25) is 0 Å². The van der Waals surface area contributed by atoms with E-state index in [4.69, 9.17) is 0 Å². The zero-order chi connectivity index (χ0) is 15.0. The molecule has 0 saturated heterocycles. The molecule has 106 valence electrons. The van der Waals surface area contributed by atoms with E-state index < -0.39 is 40.5 Å². The molecule has 19 heavy (non-hydrogen) atoms. The summed E-state index contributed by atoms with van der Waals surface area (Å²) in [5.74, 6) is -1.22. The molecule has 2 unspecified atom stereocenters. The Hall–Kier alpha value is -1.10. The van der Waals surface area contributed by atoms with Crippen LogP contribution in [0, 0.1) is 0 Å². The largest absolute Gasteiger partial charge is 0.417 e. The van der Waals surface area contributed by atoms with Gasteiger partial charge in [0.15, 0.2) is 5.78 Å². The van der Waals surface area contributed by atoms with Crippen LogP contribution in [0.15, 0.2) is 18.2 Å². The van der Waals surface area contributed by atoms with E-state index in [2.05, 4.69) is 0 Å². The fourth-order valence-corrected chi connectivity index (χ4v) is 1.68. The van der Waals surface area contributed by atoms with Gasteiger partial charge in [-0.1, -0.05) is 13.0 Å². The monoisotopic (exact) mass is 302 g/mol. The molecule has 0 radical (unpaired) electrons. The quantitative estimate of drug-likeness (QED) is 0.455. The van der Waals surface area contributed by atoms with Crippen LogP contribution in [0.1, 0.15) is 28.4 Å². The SMILES string of the molecule is CC(P)C(=O)c1c(C(F)(F)F)cccc1C(F)(F)F. The lowest BCUT2D eigenvalue weighted by Gasteiger charge is -2.18. The predicted molar refractivity (Wildman–Crippen MR) is 59.9 cm³/mol. The molecule has 1 rings (SSSR count). The summed E-state index contributed by atoms with van der Waals surface area (Å²) in [5, 5.41) is 0. The van der Waals surface area contributed by atoms with E-state index in [0.29, 0.717) is 18.2 Å². The summed E-state index contributed by atoms with van der Waals surface area (Å²) < 4.78 is 76.3. The summed E-state index contributed by atoms with van der Waals surface area (Å²) in [7, 11) is 1.89. The van der Waals surface area contributed by atoms with Crippen LogP contribution < -0.4 is 0 Å². The number of carbonyl (C=O) groups excluding carboxylic acids is 1. The van der Waals surface area contributed by atoms with Gasteiger partial charge in [-0.25, -0.2) is 0 Å². The summed E-state index contributed by atoms with van der Waals surface area (Å²) in [4.78, 5) is 11.7. The lowest BCUT2D eigenvalue weighted by atomic mass is 9.95. The Labute approximate surface area is 107 Å². The number of carbonyl (C=O) groups is 1. The summed E-state index contributed by atoms with van der Waals surface area (Å²) in [6, 6.07) is 1.57. The van der Waals surface area contributed by atoms with Gasteiger partial charge in [-0.2, -0.15) is 26.3 Å². The van der Waals surface area contributed by atoms with Crippen molar-refractivity contribution in [3.8, 4) is 0 Å². The van der Waals surface area contributed by atoms with Crippen LogP contribution in [0.5, 0.6) is 0 Å². The Morgan fingerprint density at radius 3 is 1.68 bits per heavy atom. The van der Waals surface area contributed by atoms with E-state index in [0.717, 1.165) is 0 Å². The van der Waals surface area contributed by atoms with Gasteiger partial charge in [0.05, 0.1) is 11.1 Å². The van der Waals surface area contributed by atoms with Crippen molar-refractivity contribution in [3.63, 3.8) is 0 Å². The Bertz CT molecular complexity index is 457. The summed E-state index contributed by atoms with van der Waals surface area (Å²) in [6.45, 7) is 1.21. The molecule has 1 aromatic rings. The first kappa shape index (κ1) is 16.0. The Morgan fingerprint density at radius 2 is 1.42 bits per heavy atom. The molecule has 0 heterocycles. The second-order valence-electron chi connectivity index (χ2n) is 3.88. The number of halogens is 6. The molecule has 0 aliphatic carbocycles. The zero-order valence-electron chi connectivity index (χ0n) is 9.56. The van der Waals surface area contributed by atoms with Crippen LogP contribution in [0.4, 0.5) is 26.3 Å². The van der Waals surface area contributed by atoms with Crippen LogP contribution in [-0.4, -0.2) is 11.4 Å². The van der Waals surface area contributed by atoms with Gasteiger partial charge >= 0.3 is 12.4 Å². The fourth-order valence-electron chi connectivity index (χ4n) is 1.52. The Balaban J connectivity index is 3.65. The van der Waals surface area contributed by atoms with Crippen molar-refractivity contribution in [2.45, 2.75) is 24.9 Å². The molecule has 0 fully saturated rings. The highest BCUT2D eigenvalue weighted by Gasteiger charge is 2.42. The molecule has 1 aromatic carbocycles. The van der Waals surface area contributed by atoms with E-state index in [1.807, 2.05) is 9.24 Å². The lowest BCUT2D eigenvalue weighted by Crippen LogP contribution is -2.23. The van der Waals surface area contributed by atoms with Gasteiger partial charge in [0, 0.05) is 11.2 Å². The maximum atomic E-state index is 12.7. The Morgan fingerprint density at radius 1 is 1.05 bits per heavy atom. The number of hydrogen-bond donors (Lipinski definition) is 0. The molecule has 1 nitrogen and oxygen atoms in total. The highest BCUT2D eigenvalue weighted by atomic mass is 31.0. The van der Waals surface area contributed by atoms with Crippen LogP contribution >= 0.6 is 9.24 Å². The molecule has 2 atom stereocenters. The molecule has 0 aromatic heterocycles. The summed E-state index contributed by atoms with van der Waals surface area (Å²) in [6.07, 6.45) is -10.0. The molecular weight excluding hydrogens is 293 g/mol. The van der Waals surface area contributed by atoms with Crippen LogP contribution in [-0.2, 0) is 12.4 Å². The first-order valence-electron chi connectivity index (χ1n) is 5.03. The van der Waals surface area contributed by atoms with Crippen molar-refractivity contribution in [2.24, 2.45) is 0 Å². The van der Waals surface area contributed by atoms with Gasteiger partial charge in [0.1, 0.15) is 0 Å². The first-order chi connectivity index (χ1) is 8.46. The van der Waals surface area contributed by atoms with Crippen LogP contribution in [0.25, 0.3) is 0 Å². The molecule has 0 spiro atoms. The molecule has 0 bridgehead atoms. The molecule has 8 heteroatoms. The third-order valence-corrected chi connectivity index (χ3v) is 2.64. The maximum Gasteiger partial charge on any atom is 0.417 e. The van der Waals surface area contributed by atoms with Crippen molar-refractivity contribution >= 4 is 15.0 Å². The van der Waals surface area contributed by atoms with Crippen molar-refractivity contribution in [2.75, 3.05) is 0 Å². The van der Waals surface area contributed by atoms with E-state index in [-0.39, 0.29) is 0 Å². The van der Waals surface area contributed by atoms with Crippen molar-refractivity contribution in [1.29, 1.82) is 0 Å². The maximum absolute atomic E-state index is 12.7. The number of hydrogen-bond acceptors (Lipinski definition) is 1. The third-order valence-electron chi connectivity index (χ3n) is 2.34. The van der Waals surface area contributed by atoms with E-state index in [1.165, 1.54) is 6.92 Å². The highest BCUT2D eigenvalue weighted by molar-refractivity contribution is 7.19. The van der Waals surface area contributed by atoms with E-state index in [1.54, 1.807) is 0 Å². The van der Waals surface area contributed by atoms with E-state index in [9.17, 15) is 31.1 Å². The highest BCUT2D eigenvalue weighted by Crippen LogP contribution is 2.40. The summed E-state index contributed by atoms with van der Waals surface area (Å²) >= 11 is 0. The molecule has 0 aliphatic rings. The average molecular weight is 302 g/mol. The number of rotatable bonds is 2. The van der Waals surface area contributed by atoms with Crippen molar-refractivity contribution < 1.29 is 31.1 Å². The van der Waals surface area contributed by atoms with Crippen molar-refractivity contribution in [3.05, 3.63) is 34.9 Å². The normalized spacial score (nSPS) is 14.3. The smallest absolute Gasteiger partial charge is 0.293 e. The number of ketones is 1. The molecule has 0 saturated carbocycles. The zero-order valence-corrected chi connectivity index (χ0v) is 10.7. The van der Waals surface area contributed by atoms with Gasteiger partial charge in [-0.3, -0.25) is 4.79 Å². The van der Waals surface area contributed by atoms with Crippen molar-refractivity contribution in [1.82, 2.24) is 0 Å². The fraction of sp³-hybridized carbons (Fsp3) is 0.364. The second-order valence-corrected chi connectivity index (χ2v) is 4.88.